The Balaban J connectivity index is 1.72. The molecule has 144 valence electrons. The number of rotatable bonds is 5. The number of carbonyl (C=O) groups excluding carboxylic acids is 1. The van der Waals surface area contributed by atoms with E-state index in [1.54, 1.807) is 25.3 Å². The van der Waals surface area contributed by atoms with Crippen molar-refractivity contribution in [3.63, 3.8) is 0 Å². The molecule has 0 fully saturated rings. The number of hydrogen-bond acceptors (Lipinski definition) is 5. The summed E-state index contributed by atoms with van der Waals surface area (Å²) >= 11 is 0. The first kappa shape index (κ1) is 19.4. The minimum absolute atomic E-state index is 0.0961. The first-order valence-electron chi connectivity index (χ1n) is 9.00. The van der Waals surface area contributed by atoms with Gasteiger partial charge in [-0.25, -0.2) is 9.97 Å². The fraction of sp³-hybridized carbons (Fsp3) is 0.227. The van der Waals surface area contributed by atoms with Crippen LogP contribution in [0.5, 0.6) is 5.75 Å². The van der Waals surface area contributed by atoms with Crippen molar-refractivity contribution in [2.24, 2.45) is 0 Å². The zero-order valence-corrected chi connectivity index (χ0v) is 16.5. The van der Waals surface area contributed by atoms with E-state index < -0.39 is 0 Å². The summed E-state index contributed by atoms with van der Waals surface area (Å²) in [4.78, 5) is 20.8. The smallest absolute Gasteiger partial charge is 0.274 e. The van der Waals surface area contributed by atoms with Crippen LogP contribution in [0.2, 0.25) is 0 Å². The lowest BCUT2D eigenvalue weighted by molar-refractivity contribution is 0.102. The van der Waals surface area contributed by atoms with Crippen LogP contribution in [0.4, 0.5) is 17.2 Å². The fourth-order valence-electron chi connectivity index (χ4n) is 2.65. The second-order valence-corrected chi connectivity index (χ2v) is 7.43. The van der Waals surface area contributed by atoms with Crippen LogP contribution in [0.15, 0.2) is 60.9 Å². The number of anilines is 3. The van der Waals surface area contributed by atoms with Gasteiger partial charge in [0.2, 0.25) is 0 Å². The highest BCUT2D eigenvalue weighted by atomic mass is 16.5. The fourth-order valence-corrected chi connectivity index (χ4v) is 2.65. The molecule has 3 rings (SSSR count). The average molecular weight is 376 g/mol. The van der Waals surface area contributed by atoms with Crippen molar-refractivity contribution >= 4 is 23.1 Å². The van der Waals surface area contributed by atoms with Crippen LogP contribution < -0.4 is 15.4 Å². The third-order valence-electron chi connectivity index (χ3n) is 4.25. The van der Waals surface area contributed by atoms with E-state index in [0.29, 0.717) is 17.3 Å². The summed E-state index contributed by atoms with van der Waals surface area (Å²) in [7, 11) is 1.58. The molecule has 0 radical (unpaired) electrons. The van der Waals surface area contributed by atoms with Gasteiger partial charge in [0, 0.05) is 23.5 Å². The summed E-state index contributed by atoms with van der Waals surface area (Å²) in [6, 6.07) is 16.9. The van der Waals surface area contributed by atoms with Crippen LogP contribution in [-0.2, 0) is 5.41 Å². The predicted molar refractivity (Wildman–Crippen MR) is 111 cm³/mol. The molecule has 3 aromatic rings. The maximum Gasteiger partial charge on any atom is 0.274 e. The summed E-state index contributed by atoms with van der Waals surface area (Å²) < 4.78 is 5.17. The summed E-state index contributed by atoms with van der Waals surface area (Å²) in [5.41, 5.74) is 3.14. The topological polar surface area (TPSA) is 76.1 Å². The predicted octanol–water partition coefficient (Wildman–Crippen LogP) is 4.78. The van der Waals surface area contributed by atoms with Crippen LogP contribution in [0.3, 0.4) is 0 Å². The van der Waals surface area contributed by atoms with Crippen molar-refractivity contribution in [3.05, 3.63) is 72.2 Å². The Morgan fingerprint density at radius 3 is 2.39 bits per heavy atom. The number of amides is 1. The first-order valence-corrected chi connectivity index (χ1v) is 9.00. The molecule has 1 aromatic heterocycles. The van der Waals surface area contributed by atoms with E-state index in [-0.39, 0.29) is 17.0 Å². The van der Waals surface area contributed by atoms with Gasteiger partial charge in [0.1, 0.15) is 23.6 Å². The molecule has 0 saturated heterocycles. The second kappa shape index (κ2) is 8.08. The van der Waals surface area contributed by atoms with Gasteiger partial charge in [-0.2, -0.15) is 0 Å². The van der Waals surface area contributed by atoms with Gasteiger partial charge in [0.15, 0.2) is 0 Å². The van der Waals surface area contributed by atoms with Gasteiger partial charge in [-0.1, -0.05) is 39.0 Å². The molecule has 6 nitrogen and oxygen atoms in total. The molecule has 0 spiro atoms. The molecule has 2 N–H and O–H groups in total. The Kier molecular flexibility index (Phi) is 5.59. The molecule has 0 unspecified atom stereocenters. The van der Waals surface area contributed by atoms with Gasteiger partial charge in [-0.05, 0) is 35.2 Å². The molecule has 0 bridgehead atoms. The van der Waals surface area contributed by atoms with E-state index in [2.05, 4.69) is 53.5 Å². The lowest BCUT2D eigenvalue weighted by Gasteiger charge is -2.19. The Labute approximate surface area is 165 Å². The Morgan fingerprint density at radius 2 is 1.71 bits per heavy atom. The van der Waals surface area contributed by atoms with E-state index >= 15 is 0 Å². The number of benzene rings is 2. The van der Waals surface area contributed by atoms with Crippen molar-refractivity contribution in [3.8, 4) is 5.75 Å². The van der Waals surface area contributed by atoms with Crippen LogP contribution >= 0.6 is 0 Å². The average Bonchev–Trinajstić information content (AvgIpc) is 2.68. The molecular weight excluding hydrogens is 352 g/mol. The summed E-state index contributed by atoms with van der Waals surface area (Å²) in [5.74, 6) is 0.901. The van der Waals surface area contributed by atoms with Gasteiger partial charge in [-0.15, -0.1) is 0 Å². The monoisotopic (exact) mass is 376 g/mol. The normalized spacial score (nSPS) is 11.0. The molecular formula is C22H24N4O2. The van der Waals surface area contributed by atoms with E-state index in [9.17, 15) is 4.79 Å². The highest BCUT2D eigenvalue weighted by molar-refractivity contribution is 6.03. The van der Waals surface area contributed by atoms with Crippen LogP contribution in [0, 0.1) is 0 Å². The number of aromatic nitrogens is 2. The van der Waals surface area contributed by atoms with Crippen molar-refractivity contribution in [2.75, 3.05) is 17.7 Å². The molecule has 0 saturated carbocycles. The number of ether oxygens (including phenoxy) is 1. The number of hydrogen-bond donors (Lipinski definition) is 2. The van der Waals surface area contributed by atoms with E-state index in [0.717, 1.165) is 5.69 Å². The van der Waals surface area contributed by atoms with Gasteiger partial charge in [0.25, 0.3) is 5.91 Å². The number of nitrogens with zero attached hydrogens (tertiary/aromatic N) is 2. The molecule has 1 heterocycles. The first-order chi connectivity index (χ1) is 13.3. The minimum Gasteiger partial charge on any atom is -0.497 e. The number of nitrogens with one attached hydrogen (secondary N) is 2. The molecule has 0 aliphatic carbocycles. The quantitative estimate of drug-likeness (QED) is 0.670. The van der Waals surface area contributed by atoms with Crippen molar-refractivity contribution in [1.29, 1.82) is 0 Å². The largest absolute Gasteiger partial charge is 0.497 e. The Bertz CT molecular complexity index is 963. The van der Waals surface area contributed by atoms with Gasteiger partial charge < -0.3 is 15.4 Å². The maximum absolute atomic E-state index is 12.5. The lowest BCUT2D eigenvalue weighted by atomic mass is 9.87. The molecule has 0 aliphatic heterocycles. The van der Waals surface area contributed by atoms with Crippen molar-refractivity contribution in [2.45, 2.75) is 26.2 Å². The molecule has 1 amide bonds. The molecule has 6 heteroatoms. The SMILES string of the molecule is COc1cccc(NC(=O)c2cc(Nc3ccc(C(C)(C)C)cc3)ncn2)c1. The highest BCUT2D eigenvalue weighted by Crippen LogP contribution is 2.24. The van der Waals surface area contributed by atoms with Crippen LogP contribution in [-0.4, -0.2) is 23.0 Å². The van der Waals surface area contributed by atoms with Gasteiger partial charge in [0.05, 0.1) is 7.11 Å². The van der Waals surface area contributed by atoms with Gasteiger partial charge in [-0.3, -0.25) is 4.79 Å². The highest BCUT2D eigenvalue weighted by Gasteiger charge is 2.13. The number of carbonyl (C=O) groups is 1. The van der Waals surface area contributed by atoms with E-state index in [4.69, 9.17) is 4.74 Å². The van der Waals surface area contributed by atoms with Crippen molar-refractivity contribution < 1.29 is 9.53 Å². The van der Waals surface area contributed by atoms with Gasteiger partial charge >= 0.3 is 0 Å². The molecule has 0 atom stereocenters. The standard InChI is InChI=1S/C22H24N4O2/c1-22(2,3)15-8-10-16(11-9-15)25-20-13-19(23-14-24-20)21(27)26-17-6-5-7-18(12-17)28-4/h5-14H,1-4H3,(H,26,27)(H,23,24,25). The Hall–Kier alpha value is -3.41. The molecule has 2 aromatic carbocycles. The molecule has 0 aliphatic rings. The third kappa shape index (κ3) is 4.85. The summed E-state index contributed by atoms with van der Waals surface area (Å²) in [6.07, 6.45) is 1.37. The van der Waals surface area contributed by atoms with E-state index in [1.165, 1.54) is 11.9 Å². The molecule has 28 heavy (non-hydrogen) atoms. The third-order valence-corrected chi connectivity index (χ3v) is 4.25. The zero-order chi connectivity index (χ0) is 20.1. The Morgan fingerprint density at radius 1 is 0.964 bits per heavy atom. The van der Waals surface area contributed by atoms with Crippen LogP contribution in [0.25, 0.3) is 0 Å². The minimum atomic E-state index is -0.318. The zero-order valence-electron chi connectivity index (χ0n) is 16.5. The number of methoxy groups -OCH3 is 1. The maximum atomic E-state index is 12.5. The lowest BCUT2D eigenvalue weighted by Crippen LogP contribution is -2.14. The summed E-state index contributed by atoms with van der Waals surface area (Å²) in [6.45, 7) is 6.52. The summed E-state index contributed by atoms with van der Waals surface area (Å²) in [5, 5.41) is 6.02. The second-order valence-electron chi connectivity index (χ2n) is 7.43. The van der Waals surface area contributed by atoms with Crippen molar-refractivity contribution in [1.82, 2.24) is 9.97 Å². The van der Waals surface area contributed by atoms with E-state index in [1.807, 2.05) is 24.3 Å². The van der Waals surface area contributed by atoms with Crippen LogP contribution in [0.1, 0.15) is 36.8 Å².